The van der Waals surface area contributed by atoms with Crippen LogP contribution in [0.4, 0.5) is 0 Å². The summed E-state index contributed by atoms with van der Waals surface area (Å²) in [5, 5.41) is 7.11. The van der Waals surface area contributed by atoms with Crippen molar-refractivity contribution in [1.82, 2.24) is 10.6 Å². The van der Waals surface area contributed by atoms with Crippen LogP contribution in [0.15, 0.2) is 4.99 Å². The van der Waals surface area contributed by atoms with E-state index in [4.69, 9.17) is 0 Å². The fourth-order valence-corrected chi connectivity index (χ4v) is 3.73. The highest BCUT2D eigenvalue weighted by atomic mass is 127. The van der Waals surface area contributed by atoms with E-state index in [1.807, 2.05) is 6.92 Å². The number of hydrogen-bond acceptors (Lipinski definition) is 2. The summed E-state index contributed by atoms with van der Waals surface area (Å²) in [5.74, 6) is 1.66. The number of nitrogens with one attached hydrogen (secondary N) is 2. The van der Waals surface area contributed by atoms with Crippen LogP contribution in [0, 0.1) is 0 Å². The summed E-state index contributed by atoms with van der Waals surface area (Å²) in [6, 6.07) is 0.419. The Kier molecular flexibility index (Phi) is 11.0. The predicted molar refractivity (Wildman–Crippen MR) is 94.9 cm³/mol. The Balaban J connectivity index is 0.00000324. The fraction of sp³-hybridized carbons (Fsp3) is 0.923. The quantitative estimate of drug-likeness (QED) is 0.422. The smallest absolute Gasteiger partial charge is 0.191 e. The molecule has 0 aromatic carbocycles. The molecule has 0 aromatic rings. The Morgan fingerprint density at radius 3 is 2.68 bits per heavy atom. The molecule has 1 fully saturated rings. The highest BCUT2D eigenvalue weighted by molar-refractivity contribution is 14.0. The summed E-state index contributed by atoms with van der Waals surface area (Å²) in [6.07, 6.45) is 5.53. The molecule has 2 N–H and O–H groups in total. The van der Waals surface area contributed by atoms with Crippen molar-refractivity contribution in [2.24, 2.45) is 4.99 Å². The van der Waals surface area contributed by atoms with Crippen LogP contribution >= 0.6 is 24.0 Å². The molecule has 1 aliphatic carbocycles. The first-order valence-electron chi connectivity index (χ1n) is 7.05. The van der Waals surface area contributed by atoms with Gasteiger partial charge in [0, 0.05) is 41.4 Å². The van der Waals surface area contributed by atoms with Gasteiger partial charge in [0.25, 0.3) is 0 Å². The van der Waals surface area contributed by atoms with Gasteiger partial charge in [-0.3, -0.25) is 9.20 Å². The monoisotopic (exact) mass is 401 g/mol. The molecule has 114 valence electrons. The van der Waals surface area contributed by atoms with Gasteiger partial charge in [0.1, 0.15) is 0 Å². The number of aliphatic imine (C=N–C) groups is 1. The van der Waals surface area contributed by atoms with Crippen LogP contribution in [-0.2, 0) is 10.8 Å². The van der Waals surface area contributed by atoms with Crippen molar-refractivity contribution in [3.63, 3.8) is 0 Å². The molecule has 0 aromatic heterocycles. The minimum Gasteiger partial charge on any atom is -0.356 e. The zero-order chi connectivity index (χ0) is 13.4. The van der Waals surface area contributed by atoms with E-state index in [-0.39, 0.29) is 24.0 Å². The van der Waals surface area contributed by atoms with E-state index < -0.39 is 10.8 Å². The Morgan fingerprint density at radius 1 is 1.37 bits per heavy atom. The Bertz CT molecular complexity index is 300. The normalized spacial score (nSPS) is 25.3. The van der Waals surface area contributed by atoms with Crippen molar-refractivity contribution in [1.29, 1.82) is 0 Å². The zero-order valence-corrected chi connectivity index (χ0v) is 15.4. The van der Waals surface area contributed by atoms with Crippen LogP contribution in [0.2, 0.25) is 0 Å². The molecule has 0 spiro atoms. The van der Waals surface area contributed by atoms with Crippen molar-refractivity contribution in [3.05, 3.63) is 0 Å². The highest BCUT2D eigenvalue weighted by Crippen LogP contribution is 2.22. The summed E-state index contributed by atoms with van der Waals surface area (Å²) >= 11 is 0. The van der Waals surface area contributed by atoms with Crippen LogP contribution in [0.3, 0.4) is 0 Å². The first-order chi connectivity index (χ1) is 8.71. The Morgan fingerprint density at radius 2 is 2.11 bits per heavy atom. The van der Waals surface area contributed by atoms with Gasteiger partial charge in [-0.1, -0.05) is 20.3 Å². The predicted octanol–water partition coefficient (Wildman–Crippen LogP) is 2.26. The largest absolute Gasteiger partial charge is 0.356 e. The number of hydrogen-bond donors (Lipinski definition) is 2. The lowest BCUT2D eigenvalue weighted by Gasteiger charge is -2.30. The molecule has 0 saturated heterocycles. The maximum absolute atomic E-state index is 11.9. The number of halogens is 1. The van der Waals surface area contributed by atoms with Gasteiger partial charge in [0.05, 0.1) is 0 Å². The van der Waals surface area contributed by atoms with Gasteiger partial charge in [-0.05, 0) is 25.7 Å². The molecule has 1 aliphatic rings. The standard InChI is InChI=1S/C13H27N3OS.HI/c1-4-9-15-13(14-3)16-11-7-6-8-12(10-11)18(17)5-2;/h11-12H,4-10H2,1-3H3,(H2,14,15,16);1H. The third-order valence-corrected chi connectivity index (χ3v) is 5.13. The molecule has 0 bridgehead atoms. The van der Waals surface area contributed by atoms with Gasteiger partial charge < -0.3 is 10.6 Å². The van der Waals surface area contributed by atoms with Crippen molar-refractivity contribution >= 4 is 40.7 Å². The van der Waals surface area contributed by atoms with Gasteiger partial charge in [-0.2, -0.15) is 0 Å². The van der Waals surface area contributed by atoms with Gasteiger partial charge in [0.2, 0.25) is 0 Å². The third kappa shape index (κ3) is 6.92. The van der Waals surface area contributed by atoms with Crippen LogP contribution in [-0.4, -0.2) is 40.8 Å². The van der Waals surface area contributed by atoms with Crippen molar-refractivity contribution in [3.8, 4) is 0 Å². The molecular weight excluding hydrogens is 373 g/mol. The van der Waals surface area contributed by atoms with Crippen LogP contribution in [0.25, 0.3) is 0 Å². The van der Waals surface area contributed by atoms with E-state index in [1.54, 1.807) is 7.05 Å². The highest BCUT2D eigenvalue weighted by Gasteiger charge is 2.25. The summed E-state index contributed by atoms with van der Waals surface area (Å²) in [5.41, 5.74) is 0. The van der Waals surface area contributed by atoms with Crippen molar-refractivity contribution in [2.75, 3.05) is 19.3 Å². The van der Waals surface area contributed by atoms with Crippen molar-refractivity contribution in [2.45, 2.75) is 57.2 Å². The van der Waals surface area contributed by atoms with Crippen LogP contribution in [0.1, 0.15) is 46.0 Å². The second-order valence-electron chi connectivity index (χ2n) is 4.80. The summed E-state index contributed by atoms with van der Waals surface area (Å²) in [7, 11) is 1.14. The van der Waals surface area contributed by atoms with Gasteiger partial charge in [0.15, 0.2) is 5.96 Å². The molecule has 1 rings (SSSR count). The average Bonchev–Trinajstić information content (AvgIpc) is 2.42. The average molecular weight is 401 g/mol. The van der Waals surface area contributed by atoms with Gasteiger partial charge in [-0.15, -0.1) is 24.0 Å². The van der Waals surface area contributed by atoms with Crippen molar-refractivity contribution < 1.29 is 4.21 Å². The molecule has 0 radical (unpaired) electrons. The first kappa shape index (κ1) is 19.1. The maximum Gasteiger partial charge on any atom is 0.191 e. The molecule has 19 heavy (non-hydrogen) atoms. The molecule has 3 unspecified atom stereocenters. The SMILES string of the molecule is CCCNC(=NC)NC1CCCC(S(=O)CC)C1.I. The lowest BCUT2D eigenvalue weighted by molar-refractivity contribution is 0.413. The number of rotatable bonds is 5. The molecule has 0 amide bonds. The van der Waals surface area contributed by atoms with E-state index in [1.165, 1.54) is 6.42 Å². The van der Waals surface area contributed by atoms with E-state index in [2.05, 4.69) is 22.5 Å². The fourth-order valence-electron chi connectivity index (χ4n) is 2.38. The van der Waals surface area contributed by atoms with Crippen LogP contribution in [0.5, 0.6) is 0 Å². The molecule has 4 nitrogen and oxygen atoms in total. The minimum atomic E-state index is -0.657. The molecule has 0 aliphatic heterocycles. The lowest BCUT2D eigenvalue weighted by Crippen LogP contribution is -2.46. The first-order valence-corrected chi connectivity index (χ1v) is 8.43. The second kappa shape index (κ2) is 10.9. The Hall–Kier alpha value is 0.150. The topological polar surface area (TPSA) is 53.5 Å². The summed E-state index contributed by atoms with van der Waals surface area (Å²) < 4.78 is 11.9. The maximum atomic E-state index is 11.9. The summed E-state index contributed by atoms with van der Waals surface area (Å²) in [6.45, 7) is 5.09. The number of nitrogens with zero attached hydrogens (tertiary/aromatic N) is 1. The summed E-state index contributed by atoms with van der Waals surface area (Å²) in [4.78, 5) is 4.23. The zero-order valence-electron chi connectivity index (χ0n) is 12.3. The molecular formula is C13H28IN3OS. The number of guanidine groups is 1. The molecule has 1 saturated carbocycles. The van der Waals surface area contributed by atoms with Gasteiger partial charge in [-0.25, -0.2) is 0 Å². The molecule has 3 atom stereocenters. The molecule has 0 heterocycles. The van der Waals surface area contributed by atoms with E-state index in [9.17, 15) is 4.21 Å². The van der Waals surface area contributed by atoms with E-state index in [0.717, 1.165) is 43.9 Å². The third-order valence-electron chi connectivity index (χ3n) is 3.39. The van der Waals surface area contributed by atoms with Crippen LogP contribution < -0.4 is 10.6 Å². The lowest BCUT2D eigenvalue weighted by atomic mass is 9.95. The molecule has 6 heteroatoms. The minimum absolute atomic E-state index is 0. The van der Waals surface area contributed by atoms with E-state index in [0.29, 0.717) is 11.3 Å². The van der Waals surface area contributed by atoms with Gasteiger partial charge >= 0.3 is 0 Å². The second-order valence-corrected chi connectivity index (χ2v) is 6.80. The van der Waals surface area contributed by atoms with E-state index >= 15 is 0 Å². The Labute approximate surface area is 137 Å².